The van der Waals surface area contributed by atoms with E-state index in [1.54, 1.807) is 0 Å². The maximum absolute atomic E-state index is 11.9. The van der Waals surface area contributed by atoms with Gasteiger partial charge in [-0.15, -0.1) is 0 Å². The van der Waals surface area contributed by atoms with Crippen molar-refractivity contribution in [3.63, 3.8) is 0 Å². The van der Waals surface area contributed by atoms with Crippen molar-refractivity contribution >= 4 is 17.7 Å². The van der Waals surface area contributed by atoms with Crippen LogP contribution in [0.5, 0.6) is 0 Å². The van der Waals surface area contributed by atoms with E-state index < -0.39 is 30.4 Å². The molecule has 0 aliphatic heterocycles. The zero-order valence-electron chi connectivity index (χ0n) is 12.6. The Kier molecular flexibility index (Phi) is 7.11. The van der Waals surface area contributed by atoms with Crippen LogP contribution in [0.2, 0.25) is 0 Å². The van der Waals surface area contributed by atoms with E-state index in [0.717, 1.165) is 0 Å². The smallest absolute Gasteiger partial charge is 0.339 e. The molecule has 0 radical (unpaired) electrons. The zero-order chi connectivity index (χ0) is 17.4. The van der Waals surface area contributed by atoms with Crippen molar-refractivity contribution in [2.75, 3.05) is 13.2 Å². The van der Waals surface area contributed by atoms with Crippen LogP contribution < -0.4 is 0 Å². The topological polar surface area (TPSA) is 121 Å². The second kappa shape index (κ2) is 8.82. The molecule has 3 N–H and O–H groups in total. The van der Waals surface area contributed by atoms with Gasteiger partial charge in [-0.25, -0.2) is 9.59 Å². The lowest BCUT2D eigenvalue weighted by molar-refractivity contribution is -0.125. The van der Waals surface area contributed by atoms with Gasteiger partial charge in [0.25, 0.3) is 0 Å². The predicted molar refractivity (Wildman–Crippen MR) is 80.2 cm³/mol. The van der Waals surface area contributed by atoms with Crippen molar-refractivity contribution in [1.29, 1.82) is 0 Å². The van der Waals surface area contributed by atoms with E-state index in [2.05, 4.69) is 0 Å². The average Bonchev–Trinajstić information content (AvgIpc) is 2.56. The number of hydrogen-bond acceptors (Lipinski definition) is 6. The van der Waals surface area contributed by atoms with Crippen molar-refractivity contribution in [3.8, 4) is 0 Å². The highest BCUT2D eigenvalue weighted by molar-refractivity contribution is 6.02. The third-order valence-corrected chi connectivity index (χ3v) is 3.02. The molecule has 0 bridgehead atoms. The molecule has 1 aromatic rings. The lowest BCUT2D eigenvalue weighted by Crippen LogP contribution is -2.28. The van der Waals surface area contributed by atoms with Crippen LogP contribution in [0.1, 0.15) is 34.1 Å². The number of hydrogen-bond donors (Lipinski definition) is 3. The summed E-state index contributed by atoms with van der Waals surface area (Å²) in [4.78, 5) is 34.7. The molecular weight excluding hydrogens is 304 g/mol. The van der Waals surface area contributed by atoms with E-state index in [1.165, 1.54) is 37.3 Å². The molecule has 1 aromatic carbocycles. The van der Waals surface area contributed by atoms with Crippen molar-refractivity contribution in [1.82, 2.24) is 0 Å². The molecule has 0 aliphatic rings. The van der Waals surface area contributed by atoms with E-state index >= 15 is 0 Å². The van der Waals surface area contributed by atoms with E-state index in [4.69, 9.17) is 14.9 Å². The van der Waals surface area contributed by atoms with Crippen molar-refractivity contribution in [2.24, 2.45) is 0 Å². The van der Waals surface area contributed by atoms with Gasteiger partial charge in [-0.3, -0.25) is 4.79 Å². The van der Waals surface area contributed by atoms with Crippen LogP contribution in [0.15, 0.2) is 35.9 Å². The van der Waals surface area contributed by atoms with Crippen LogP contribution in [0.3, 0.4) is 0 Å². The fourth-order valence-electron chi connectivity index (χ4n) is 1.80. The standard InChI is InChI=1S/C16H18O7/c1-10(5-4-8-17)14(19)13(18)9-23-16(22)12-7-3-2-6-11(12)15(20)21/h2-3,5-7,13,17-18H,4,8-9H2,1H3,(H,20,21). The molecule has 0 aliphatic carbocycles. The first-order valence-electron chi connectivity index (χ1n) is 6.87. The normalized spacial score (nSPS) is 12.6. The number of aliphatic hydroxyl groups excluding tert-OH is 2. The lowest BCUT2D eigenvalue weighted by Gasteiger charge is -2.11. The number of esters is 1. The Hall–Kier alpha value is -2.51. The van der Waals surface area contributed by atoms with Gasteiger partial charge >= 0.3 is 11.9 Å². The van der Waals surface area contributed by atoms with Gasteiger partial charge < -0.3 is 20.1 Å². The fraction of sp³-hybridized carbons (Fsp3) is 0.312. The van der Waals surface area contributed by atoms with Crippen LogP contribution in [-0.4, -0.2) is 52.4 Å². The molecule has 0 fully saturated rings. The first-order chi connectivity index (χ1) is 10.9. The molecule has 23 heavy (non-hydrogen) atoms. The molecule has 0 spiro atoms. The van der Waals surface area contributed by atoms with E-state index in [-0.39, 0.29) is 29.7 Å². The van der Waals surface area contributed by atoms with Crippen LogP contribution in [-0.2, 0) is 9.53 Å². The number of carbonyl (C=O) groups is 3. The summed E-state index contributed by atoms with van der Waals surface area (Å²) in [6.45, 7) is 0.764. The van der Waals surface area contributed by atoms with E-state index in [9.17, 15) is 19.5 Å². The summed E-state index contributed by atoms with van der Waals surface area (Å²) in [6, 6.07) is 5.48. The zero-order valence-corrected chi connectivity index (χ0v) is 12.6. The summed E-state index contributed by atoms with van der Waals surface area (Å²) < 4.78 is 4.81. The van der Waals surface area contributed by atoms with E-state index in [0.29, 0.717) is 0 Å². The highest BCUT2D eigenvalue weighted by Gasteiger charge is 2.21. The van der Waals surface area contributed by atoms with Gasteiger partial charge in [0.1, 0.15) is 6.61 Å². The highest BCUT2D eigenvalue weighted by Crippen LogP contribution is 2.11. The van der Waals surface area contributed by atoms with E-state index in [1.807, 2.05) is 0 Å². The molecule has 7 heteroatoms. The van der Waals surface area contributed by atoms with Crippen molar-refractivity contribution < 1.29 is 34.4 Å². The Bertz CT molecular complexity index is 619. The summed E-state index contributed by atoms with van der Waals surface area (Å²) in [6.07, 6.45) is 0.189. The Balaban J connectivity index is 2.70. The monoisotopic (exact) mass is 322 g/mol. The molecule has 124 valence electrons. The van der Waals surface area contributed by atoms with Gasteiger partial charge in [-0.2, -0.15) is 0 Å². The molecule has 0 aromatic heterocycles. The van der Waals surface area contributed by atoms with Gasteiger partial charge in [-0.05, 0) is 31.1 Å². The SMILES string of the molecule is CC(=CCCO)C(=O)C(O)COC(=O)c1ccccc1C(=O)O. The number of carbonyl (C=O) groups excluding carboxylic acids is 2. The number of rotatable bonds is 8. The molecule has 0 saturated carbocycles. The maximum atomic E-state index is 11.9. The number of Topliss-reactive ketones (excluding diaryl/α,β-unsaturated/α-hetero) is 1. The van der Waals surface area contributed by atoms with Crippen molar-refractivity contribution in [2.45, 2.75) is 19.4 Å². The summed E-state index contributed by atoms with van der Waals surface area (Å²) in [5, 5.41) is 27.4. The molecule has 0 amide bonds. The van der Waals surface area contributed by atoms with Gasteiger partial charge in [0.2, 0.25) is 0 Å². The third kappa shape index (κ3) is 5.32. The predicted octanol–water partition coefficient (Wildman–Crippen LogP) is 0.800. The third-order valence-electron chi connectivity index (χ3n) is 3.02. The molecule has 1 atom stereocenters. The molecule has 1 rings (SSSR count). The highest BCUT2D eigenvalue weighted by atomic mass is 16.5. The second-order valence-electron chi connectivity index (χ2n) is 4.73. The summed E-state index contributed by atoms with van der Waals surface area (Å²) in [7, 11) is 0. The second-order valence-corrected chi connectivity index (χ2v) is 4.73. The van der Waals surface area contributed by atoms with Crippen LogP contribution in [0, 0.1) is 0 Å². The summed E-state index contributed by atoms with van der Waals surface area (Å²) >= 11 is 0. The quantitative estimate of drug-likeness (QED) is 0.478. The number of ether oxygens (including phenoxy) is 1. The number of carboxylic acids is 1. The molecule has 1 unspecified atom stereocenters. The number of aliphatic hydroxyl groups is 2. The van der Waals surface area contributed by atoms with Gasteiger partial charge in [0.15, 0.2) is 11.9 Å². The van der Waals surface area contributed by atoms with Crippen LogP contribution in [0.4, 0.5) is 0 Å². The minimum atomic E-state index is -1.55. The maximum Gasteiger partial charge on any atom is 0.339 e. The number of aromatic carboxylic acids is 1. The molecule has 7 nitrogen and oxygen atoms in total. The first kappa shape index (κ1) is 18.5. The summed E-state index contributed by atoms with van der Waals surface area (Å²) in [5.41, 5.74) is -0.141. The molecule has 0 saturated heterocycles. The van der Waals surface area contributed by atoms with Gasteiger partial charge in [-0.1, -0.05) is 18.2 Å². The fourth-order valence-corrected chi connectivity index (χ4v) is 1.80. The van der Waals surface area contributed by atoms with Crippen molar-refractivity contribution in [3.05, 3.63) is 47.0 Å². The van der Waals surface area contributed by atoms with Gasteiger partial charge in [0, 0.05) is 6.61 Å². The number of carboxylic acid groups (broad SMARTS) is 1. The Morgan fingerprint density at radius 2 is 1.83 bits per heavy atom. The Morgan fingerprint density at radius 1 is 1.22 bits per heavy atom. The number of ketones is 1. The van der Waals surface area contributed by atoms with Crippen LogP contribution in [0.25, 0.3) is 0 Å². The molecular formula is C16H18O7. The minimum absolute atomic E-state index is 0.123. The summed E-state index contributed by atoms with van der Waals surface area (Å²) in [5.74, 6) is -2.85. The number of benzene rings is 1. The minimum Gasteiger partial charge on any atom is -0.478 e. The average molecular weight is 322 g/mol. The largest absolute Gasteiger partial charge is 0.478 e. The Labute approximate surface area is 132 Å². The lowest BCUT2D eigenvalue weighted by atomic mass is 10.1. The first-order valence-corrected chi connectivity index (χ1v) is 6.87. The van der Waals surface area contributed by atoms with Gasteiger partial charge in [0.05, 0.1) is 11.1 Å². The molecule has 0 heterocycles. The Morgan fingerprint density at radius 3 is 2.39 bits per heavy atom. The van der Waals surface area contributed by atoms with Crippen LogP contribution >= 0.6 is 0 Å².